The van der Waals surface area contributed by atoms with Gasteiger partial charge in [0.1, 0.15) is 12.2 Å². The Bertz CT molecular complexity index is 798. The predicted octanol–water partition coefficient (Wildman–Crippen LogP) is 2.28. The summed E-state index contributed by atoms with van der Waals surface area (Å²) >= 11 is 0. The Hall–Kier alpha value is -1.70. The standard InChI is InChI=1S/C24H36O7/c1-12-16(28)7-8-24(6)10-17(29)20-15(11-25)9-18(30-13(2)26)21(23(20,4)5)22(19(12)24)31-14(3)27/h16-19,21-22,25,28-29H,1,7-11H2,2-6H3/t16-,17-,18-,19-,21-,22-,24-/m0/s1. The van der Waals surface area contributed by atoms with Crippen molar-refractivity contribution in [1.29, 1.82) is 0 Å². The minimum Gasteiger partial charge on any atom is -0.462 e. The number of hydrogen-bond acceptors (Lipinski definition) is 7. The minimum absolute atomic E-state index is 0.246. The van der Waals surface area contributed by atoms with Crippen molar-refractivity contribution in [2.75, 3.05) is 6.61 Å². The molecule has 174 valence electrons. The largest absolute Gasteiger partial charge is 0.462 e. The molecule has 2 fully saturated rings. The molecule has 31 heavy (non-hydrogen) atoms. The summed E-state index contributed by atoms with van der Waals surface area (Å²) in [5.41, 5.74) is 0.759. The molecule has 2 saturated carbocycles. The maximum atomic E-state index is 12.2. The molecule has 0 aromatic rings. The van der Waals surface area contributed by atoms with Crippen LogP contribution in [0.5, 0.6) is 0 Å². The first kappa shape index (κ1) is 24.0. The van der Waals surface area contributed by atoms with E-state index in [1.807, 2.05) is 20.8 Å². The number of rotatable bonds is 3. The van der Waals surface area contributed by atoms with Crippen molar-refractivity contribution in [2.24, 2.45) is 22.7 Å². The van der Waals surface area contributed by atoms with E-state index in [2.05, 4.69) is 6.58 Å². The van der Waals surface area contributed by atoms with Crippen LogP contribution in [0.25, 0.3) is 0 Å². The van der Waals surface area contributed by atoms with Crippen LogP contribution in [-0.4, -0.2) is 58.3 Å². The zero-order valence-electron chi connectivity index (χ0n) is 19.2. The first-order valence-electron chi connectivity index (χ1n) is 11.1. The van der Waals surface area contributed by atoms with Crippen LogP contribution >= 0.6 is 0 Å². The fraction of sp³-hybridized carbons (Fsp3) is 0.750. The van der Waals surface area contributed by atoms with E-state index in [0.717, 1.165) is 5.57 Å². The number of carbonyl (C=O) groups excluding carboxylic acids is 2. The van der Waals surface area contributed by atoms with Crippen molar-refractivity contribution >= 4 is 11.9 Å². The Kier molecular flexibility index (Phi) is 6.44. The molecule has 7 heteroatoms. The lowest BCUT2D eigenvalue weighted by atomic mass is 9.50. The molecule has 3 aliphatic rings. The zero-order chi connectivity index (χ0) is 23.3. The number of esters is 2. The summed E-state index contributed by atoms with van der Waals surface area (Å²) in [6.07, 6.45) is -1.10. The highest BCUT2D eigenvalue weighted by Crippen LogP contribution is 2.59. The van der Waals surface area contributed by atoms with E-state index in [-0.39, 0.29) is 13.0 Å². The Morgan fingerprint density at radius 1 is 1.10 bits per heavy atom. The summed E-state index contributed by atoms with van der Waals surface area (Å²) in [4.78, 5) is 24.2. The summed E-state index contributed by atoms with van der Waals surface area (Å²) in [5, 5.41) is 32.1. The summed E-state index contributed by atoms with van der Waals surface area (Å²) in [6.45, 7) is 12.5. The van der Waals surface area contributed by atoms with E-state index in [1.165, 1.54) is 13.8 Å². The highest BCUT2D eigenvalue weighted by molar-refractivity contribution is 5.67. The summed E-state index contributed by atoms with van der Waals surface area (Å²) < 4.78 is 11.7. The SMILES string of the molecule is C=C1[C@@H](O)CC[C@@]2(C)C[C@H](O)C3=C(CO)C[C@H](OC(C)=O)[C@@H]([C@@H](OC(C)=O)[C@H]12)C3(C)C. The quantitative estimate of drug-likeness (QED) is 0.459. The molecule has 7 atom stereocenters. The highest BCUT2D eigenvalue weighted by Gasteiger charge is 2.60. The Labute approximate surface area is 184 Å². The molecule has 0 unspecified atom stereocenters. The second kappa shape index (κ2) is 8.34. The van der Waals surface area contributed by atoms with Crippen LogP contribution in [0.1, 0.15) is 60.3 Å². The number of fused-ring (bicyclic) bond motifs is 3. The van der Waals surface area contributed by atoms with Crippen molar-refractivity contribution in [3.63, 3.8) is 0 Å². The first-order valence-corrected chi connectivity index (χ1v) is 11.1. The molecule has 0 spiro atoms. The number of ether oxygens (including phenoxy) is 2. The molecule has 3 N–H and O–H groups in total. The fourth-order valence-electron chi connectivity index (χ4n) is 6.73. The number of aliphatic hydroxyl groups excluding tert-OH is 3. The van der Waals surface area contributed by atoms with E-state index in [1.54, 1.807) is 0 Å². The third-order valence-corrected chi connectivity index (χ3v) is 7.81. The smallest absolute Gasteiger partial charge is 0.302 e. The Balaban J connectivity index is 2.28. The predicted molar refractivity (Wildman–Crippen MR) is 114 cm³/mol. The van der Waals surface area contributed by atoms with Gasteiger partial charge in [0.2, 0.25) is 0 Å². The monoisotopic (exact) mass is 436 g/mol. The van der Waals surface area contributed by atoms with Crippen LogP contribution in [0.4, 0.5) is 0 Å². The number of hydrogen-bond donors (Lipinski definition) is 3. The van der Waals surface area contributed by atoms with Gasteiger partial charge in [-0.25, -0.2) is 0 Å². The second-order valence-corrected chi connectivity index (χ2v) is 10.3. The van der Waals surface area contributed by atoms with Gasteiger partial charge in [0.25, 0.3) is 0 Å². The van der Waals surface area contributed by atoms with E-state index in [4.69, 9.17) is 9.47 Å². The van der Waals surface area contributed by atoms with Crippen LogP contribution in [-0.2, 0) is 19.1 Å². The molecule has 0 saturated heterocycles. The van der Waals surface area contributed by atoms with E-state index in [0.29, 0.717) is 30.4 Å². The van der Waals surface area contributed by atoms with Crippen molar-refractivity contribution in [2.45, 2.75) is 84.7 Å². The van der Waals surface area contributed by atoms with Crippen LogP contribution in [0, 0.1) is 22.7 Å². The third kappa shape index (κ3) is 4.08. The van der Waals surface area contributed by atoms with Crippen LogP contribution in [0.2, 0.25) is 0 Å². The van der Waals surface area contributed by atoms with E-state index in [9.17, 15) is 24.9 Å². The highest BCUT2D eigenvalue weighted by atomic mass is 16.6. The Morgan fingerprint density at radius 2 is 1.71 bits per heavy atom. The van der Waals surface area contributed by atoms with Crippen molar-refractivity contribution in [3.8, 4) is 0 Å². The zero-order valence-corrected chi connectivity index (χ0v) is 19.2. The molecule has 3 rings (SSSR count). The van der Waals surface area contributed by atoms with Gasteiger partial charge in [-0.05, 0) is 46.8 Å². The number of aliphatic hydroxyl groups is 3. The molecule has 0 aromatic heterocycles. The molecular weight excluding hydrogens is 400 g/mol. The lowest BCUT2D eigenvalue weighted by Gasteiger charge is -2.58. The molecule has 3 aliphatic carbocycles. The van der Waals surface area contributed by atoms with Crippen molar-refractivity contribution < 1.29 is 34.4 Å². The van der Waals surface area contributed by atoms with Gasteiger partial charge in [-0.2, -0.15) is 0 Å². The van der Waals surface area contributed by atoms with E-state index < -0.39 is 59.0 Å². The normalized spacial score (nSPS) is 39.8. The summed E-state index contributed by atoms with van der Waals surface area (Å²) in [6, 6.07) is 0. The molecule has 7 nitrogen and oxygen atoms in total. The average Bonchev–Trinajstić information content (AvgIpc) is 2.62. The molecule has 0 aliphatic heterocycles. The van der Waals surface area contributed by atoms with Crippen LogP contribution in [0.15, 0.2) is 23.3 Å². The summed E-state index contributed by atoms with van der Waals surface area (Å²) in [7, 11) is 0. The van der Waals surface area contributed by atoms with Gasteiger partial charge < -0.3 is 24.8 Å². The van der Waals surface area contributed by atoms with E-state index >= 15 is 0 Å². The Morgan fingerprint density at radius 3 is 2.26 bits per heavy atom. The lowest BCUT2D eigenvalue weighted by Crippen LogP contribution is -2.60. The maximum absolute atomic E-state index is 12.2. The van der Waals surface area contributed by atoms with Crippen molar-refractivity contribution in [1.82, 2.24) is 0 Å². The van der Waals surface area contributed by atoms with Gasteiger partial charge in [0, 0.05) is 32.1 Å². The topological polar surface area (TPSA) is 113 Å². The van der Waals surface area contributed by atoms with Gasteiger partial charge in [0.05, 0.1) is 18.8 Å². The molecule has 0 radical (unpaired) electrons. The molecular formula is C24H36O7. The lowest BCUT2D eigenvalue weighted by molar-refractivity contribution is -0.182. The maximum Gasteiger partial charge on any atom is 0.302 e. The van der Waals surface area contributed by atoms with Crippen LogP contribution < -0.4 is 0 Å². The van der Waals surface area contributed by atoms with Crippen molar-refractivity contribution in [3.05, 3.63) is 23.3 Å². The van der Waals surface area contributed by atoms with Gasteiger partial charge in [-0.15, -0.1) is 0 Å². The molecule has 2 bridgehead atoms. The summed E-state index contributed by atoms with van der Waals surface area (Å²) in [5.74, 6) is -1.81. The minimum atomic E-state index is -0.813. The molecule has 0 amide bonds. The van der Waals surface area contributed by atoms with Crippen LogP contribution in [0.3, 0.4) is 0 Å². The fourth-order valence-corrected chi connectivity index (χ4v) is 6.73. The van der Waals surface area contributed by atoms with Gasteiger partial charge in [0.15, 0.2) is 0 Å². The van der Waals surface area contributed by atoms with Gasteiger partial charge in [-0.1, -0.05) is 27.4 Å². The molecule has 0 heterocycles. The van der Waals surface area contributed by atoms with Gasteiger partial charge in [-0.3, -0.25) is 9.59 Å². The number of carbonyl (C=O) groups is 2. The third-order valence-electron chi connectivity index (χ3n) is 7.81. The van der Waals surface area contributed by atoms with Gasteiger partial charge >= 0.3 is 11.9 Å². The first-order chi connectivity index (χ1) is 14.3. The molecule has 0 aromatic carbocycles. The average molecular weight is 437 g/mol. The second-order valence-electron chi connectivity index (χ2n) is 10.3.